The van der Waals surface area contributed by atoms with Crippen LogP contribution in [0.15, 0.2) is 27.7 Å². The lowest BCUT2D eigenvalue weighted by atomic mass is 10.2. The molecule has 0 unspecified atom stereocenters. The van der Waals surface area contributed by atoms with Crippen LogP contribution in [0, 0.1) is 0 Å². The predicted molar refractivity (Wildman–Crippen MR) is 95.3 cm³/mol. The lowest BCUT2D eigenvalue weighted by molar-refractivity contribution is 0.0521. The lowest BCUT2D eigenvalue weighted by Gasteiger charge is -2.21. The Morgan fingerprint density at radius 1 is 1.36 bits per heavy atom. The molecule has 134 valence electrons. The van der Waals surface area contributed by atoms with E-state index in [0.29, 0.717) is 4.47 Å². The first kappa shape index (κ1) is 18.9. The van der Waals surface area contributed by atoms with Crippen molar-refractivity contribution in [3.05, 3.63) is 38.7 Å². The molecule has 0 bridgehead atoms. The molecule has 2 aromatic heterocycles. The highest BCUT2D eigenvalue weighted by molar-refractivity contribution is 9.10. The summed E-state index contributed by atoms with van der Waals surface area (Å²) in [4.78, 5) is 40.8. The summed E-state index contributed by atoms with van der Waals surface area (Å²) in [5.74, 6) is -0.783. The van der Waals surface area contributed by atoms with E-state index in [9.17, 15) is 14.4 Å². The van der Waals surface area contributed by atoms with Crippen LogP contribution >= 0.6 is 15.9 Å². The Bertz CT molecular complexity index is 886. The predicted octanol–water partition coefficient (Wildman–Crippen LogP) is 2.81. The van der Waals surface area contributed by atoms with Crippen molar-refractivity contribution in [3.8, 4) is 0 Å². The minimum Gasteiger partial charge on any atom is -0.462 e. The smallest absolute Gasteiger partial charge is 0.427 e. The first-order valence-corrected chi connectivity index (χ1v) is 8.29. The number of aromatic nitrogens is 2. The molecule has 8 nitrogen and oxygen atoms in total. The van der Waals surface area contributed by atoms with Gasteiger partial charge in [0, 0.05) is 16.9 Å². The van der Waals surface area contributed by atoms with E-state index in [-0.39, 0.29) is 23.2 Å². The van der Waals surface area contributed by atoms with Gasteiger partial charge in [0.25, 0.3) is 0 Å². The number of esters is 1. The summed E-state index contributed by atoms with van der Waals surface area (Å²) >= 11 is 3.24. The summed E-state index contributed by atoms with van der Waals surface area (Å²) < 4.78 is 11.8. The van der Waals surface area contributed by atoms with E-state index < -0.39 is 23.1 Å². The second-order valence-electron chi connectivity index (χ2n) is 6.10. The van der Waals surface area contributed by atoms with Gasteiger partial charge in [-0.05, 0) is 49.7 Å². The van der Waals surface area contributed by atoms with E-state index in [4.69, 9.17) is 9.47 Å². The maximum Gasteiger partial charge on any atom is 0.427 e. The molecule has 0 spiro atoms. The van der Waals surface area contributed by atoms with Crippen LogP contribution in [0.1, 0.15) is 38.1 Å². The zero-order valence-electron chi connectivity index (χ0n) is 14.3. The normalized spacial score (nSPS) is 11.2. The second kappa shape index (κ2) is 7.22. The average Bonchev–Trinajstić information content (AvgIpc) is 2.48. The van der Waals surface area contributed by atoms with Crippen molar-refractivity contribution in [3.63, 3.8) is 0 Å². The molecule has 0 aliphatic heterocycles. The van der Waals surface area contributed by atoms with Crippen molar-refractivity contribution in [2.45, 2.75) is 33.3 Å². The van der Waals surface area contributed by atoms with Gasteiger partial charge in [0.2, 0.25) is 5.43 Å². The number of fused-ring (bicyclic) bond motifs is 1. The van der Waals surface area contributed by atoms with E-state index in [1.807, 2.05) is 0 Å². The molecule has 0 aliphatic rings. The second-order valence-corrected chi connectivity index (χ2v) is 7.02. The standard InChI is InChI=1S/C16H18BrN3O5/c1-5-24-14(22)11-8-20(19-15(23)25-16(2,3)4)13-10(12(11)21)6-9(17)7-18-13/h6-8H,5H2,1-4H3,(H,19,23). The zero-order valence-corrected chi connectivity index (χ0v) is 15.8. The molecule has 0 atom stereocenters. The molecular weight excluding hydrogens is 394 g/mol. The van der Waals surface area contributed by atoms with Gasteiger partial charge in [-0.3, -0.25) is 4.79 Å². The van der Waals surface area contributed by atoms with E-state index in [0.717, 1.165) is 0 Å². The number of halogens is 1. The monoisotopic (exact) mass is 411 g/mol. The van der Waals surface area contributed by atoms with Gasteiger partial charge in [0.15, 0.2) is 5.65 Å². The largest absolute Gasteiger partial charge is 0.462 e. The van der Waals surface area contributed by atoms with E-state index in [1.54, 1.807) is 27.7 Å². The number of nitrogens with zero attached hydrogens (tertiary/aromatic N) is 2. The number of hydrogen-bond donors (Lipinski definition) is 1. The highest BCUT2D eigenvalue weighted by Gasteiger charge is 2.20. The maximum absolute atomic E-state index is 12.5. The Labute approximate surface area is 152 Å². The number of amides is 1. The summed E-state index contributed by atoms with van der Waals surface area (Å²) in [7, 11) is 0. The van der Waals surface area contributed by atoms with Gasteiger partial charge in [-0.15, -0.1) is 0 Å². The van der Waals surface area contributed by atoms with Gasteiger partial charge in [-0.2, -0.15) is 0 Å². The first-order valence-electron chi connectivity index (χ1n) is 7.50. The number of ether oxygens (including phenoxy) is 2. The molecule has 9 heteroatoms. The topological polar surface area (TPSA) is 99.5 Å². The van der Waals surface area contributed by atoms with Crippen LogP contribution in [0.3, 0.4) is 0 Å². The molecule has 2 aromatic rings. The fourth-order valence-electron chi connectivity index (χ4n) is 2.02. The Hall–Kier alpha value is -2.42. The molecule has 2 rings (SSSR count). The van der Waals surface area contributed by atoms with Crippen molar-refractivity contribution in [1.82, 2.24) is 9.66 Å². The van der Waals surface area contributed by atoms with Gasteiger partial charge in [-0.25, -0.2) is 24.7 Å². The third kappa shape index (κ3) is 4.56. The molecule has 0 aliphatic carbocycles. The summed E-state index contributed by atoms with van der Waals surface area (Å²) in [5.41, 5.74) is 1.17. The Morgan fingerprint density at radius 3 is 2.64 bits per heavy atom. The van der Waals surface area contributed by atoms with Gasteiger partial charge in [0.1, 0.15) is 11.2 Å². The molecular formula is C16H18BrN3O5. The van der Waals surface area contributed by atoms with Crippen LogP contribution in [0.4, 0.5) is 4.79 Å². The Kier molecular flexibility index (Phi) is 5.46. The van der Waals surface area contributed by atoms with Crippen LogP contribution < -0.4 is 10.9 Å². The zero-order chi connectivity index (χ0) is 18.8. The van der Waals surface area contributed by atoms with E-state index >= 15 is 0 Å². The van der Waals surface area contributed by atoms with Gasteiger partial charge >= 0.3 is 12.1 Å². The van der Waals surface area contributed by atoms with Crippen molar-refractivity contribution in [2.24, 2.45) is 0 Å². The fraction of sp³-hybridized carbons (Fsp3) is 0.375. The summed E-state index contributed by atoms with van der Waals surface area (Å²) in [6.07, 6.45) is 1.89. The highest BCUT2D eigenvalue weighted by atomic mass is 79.9. The number of nitrogens with one attached hydrogen (secondary N) is 1. The van der Waals surface area contributed by atoms with Gasteiger partial charge < -0.3 is 9.47 Å². The Morgan fingerprint density at radius 2 is 2.04 bits per heavy atom. The first-order chi connectivity index (χ1) is 11.6. The summed E-state index contributed by atoms with van der Waals surface area (Å²) in [5, 5.41) is 0.149. The molecule has 1 N–H and O–H groups in total. The summed E-state index contributed by atoms with van der Waals surface area (Å²) in [6, 6.07) is 1.51. The average molecular weight is 412 g/mol. The Balaban J connectivity index is 2.58. The number of hydrogen-bond acceptors (Lipinski definition) is 6. The van der Waals surface area contributed by atoms with E-state index in [1.165, 1.54) is 23.1 Å². The minimum atomic E-state index is -0.783. The third-order valence-corrected chi connectivity index (χ3v) is 3.35. The highest BCUT2D eigenvalue weighted by Crippen LogP contribution is 2.16. The number of rotatable bonds is 3. The third-order valence-electron chi connectivity index (χ3n) is 2.91. The molecule has 2 heterocycles. The summed E-state index contributed by atoms with van der Waals surface area (Å²) in [6.45, 7) is 6.90. The number of carbonyl (C=O) groups excluding carboxylic acids is 2. The van der Waals surface area contributed by atoms with Crippen LogP contribution in [-0.4, -0.2) is 33.9 Å². The molecule has 0 radical (unpaired) electrons. The SMILES string of the molecule is CCOC(=O)c1cn(NC(=O)OC(C)(C)C)c2ncc(Br)cc2c1=O. The van der Waals surface area contributed by atoms with Crippen molar-refractivity contribution in [1.29, 1.82) is 0 Å². The minimum absolute atomic E-state index is 0.118. The molecule has 0 fully saturated rings. The quantitative estimate of drug-likeness (QED) is 0.779. The number of pyridine rings is 2. The van der Waals surface area contributed by atoms with E-state index in [2.05, 4.69) is 26.3 Å². The van der Waals surface area contributed by atoms with Crippen LogP contribution in [0.5, 0.6) is 0 Å². The van der Waals surface area contributed by atoms with Crippen LogP contribution in [0.25, 0.3) is 11.0 Å². The molecule has 0 aromatic carbocycles. The maximum atomic E-state index is 12.5. The van der Waals surface area contributed by atoms with Crippen LogP contribution in [-0.2, 0) is 9.47 Å². The van der Waals surface area contributed by atoms with Crippen molar-refractivity contribution < 1.29 is 19.1 Å². The molecule has 0 saturated heterocycles. The lowest BCUT2D eigenvalue weighted by Crippen LogP contribution is -2.33. The number of carbonyl (C=O) groups is 2. The van der Waals surface area contributed by atoms with Crippen molar-refractivity contribution in [2.75, 3.05) is 12.0 Å². The molecule has 0 saturated carbocycles. The van der Waals surface area contributed by atoms with Gasteiger partial charge in [0.05, 0.1) is 12.0 Å². The van der Waals surface area contributed by atoms with Gasteiger partial charge in [-0.1, -0.05) is 0 Å². The fourth-order valence-corrected chi connectivity index (χ4v) is 2.36. The molecule has 1 amide bonds. The molecule has 25 heavy (non-hydrogen) atoms. The van der Waals surface area contributed by atoms with Crippen molar-refractivity contribution >= 4 is 39.0 Å². The van der Waals surface area contributed by atoms with Crippen LogP contribution in [0.2, 0.25) is 0 Å².